The third-order valence-electron chi connectivity index (χ3n) is 4.70. The SMILES string of the molecule is Cc1[nH]nc2c1[C@H](c1ccccc1OCc1ccccc1Cl)C(C#N)=C(N)O2. The lowest BCUT2D eigenvalue weighted by molar-refractivity contribution is 0.301. The summed E-state index contributed by atoms with van der Waals surface area (Å²) in [4.78, 5) is 0. The van der Waals surface area contributed by atoms with Crippen LogP contribution in [0, 0.1) is 18.3 Å². The number of hydrogen-bond donors (Lipinski definition) is 2. The Bertz CT molecular complexity index is 1110. The molecule has 6 nitrogen and oxygen atoms in total. The Kier molecular flexibility index (Phi) is 4.68. The number of nitrogens with one attached hydrogen (secondary N) is 1. The lowest BCUT2D eigenvalue weighted by atomic mass is 9.83. The van der Waals surface area contributed by atoms with E-state index >= 15 is 0 Å². The van der Waals surface area contributed by atoms with Gasteiger partial charge in [0.2, 0.25) is 11.8 Å². The van der Waals surface area contributed by atoms with Gasteiger partial charge in [-0.05, 0) is 19.1 Å². The zero-order chi connectivity index (χ0) is 19.7. The van der Waals surface area contributed by atoms with Crippen molar-refractivity contribution in [2.24, 2.45) is 5.73 Å². The highest BCUT2D eigenvalue weighted by molar-refractivity contribution is 6.31. The second-order valence-corrected chi connectivity index (χ2v) is 6.82. The number of para-hydroxylation sites is 1. The topological polar surface area (TPSA) is 97.0 Å². The molecule has 0 saturated carbocycles. The lowest BCUT2D eigenvalue weighted by Crippen LogP contribution is -2.21. The van der Waals surface area contributed by atoms with E-state index in [0.29, 0.717) is 28.8 Å². The molecule has 0 unspecified atom stereocenters. The number of ether oxygens (including phenoxy) is 2. The first-order valence-electron chi connectivity index (χ1n) is 8.67. The number of benzene rings is 2. The monoisotopic (exact) mass is 392 g/mol. The second kappa shape index (κ2) is 7.29. The van der Waals surface area contributed by atoms with Gasteiger partial charge in [-0.1, -0.05) is 48.0 Å². The maximum atomic E-state index is 9.73. The molecule has 140 valence electrons. The van der Waals surface area contributed by atoms with Crippen molar-refractivity contribution in [3.05, 3.63) is 87.4 Å². The molecule has 4 rings (SSSR count). The van der Waals surface area contributed by atoms with Gasteiger partial charge < -0.3 is 15.2 Å². The molecule has 28 heavy (non-hydrogen) atoms. The fourth-order valence-electron chi connectivity index (χ4n) is 3.33. The van der Waals surface area contributed by atoms with Crippen LogP contribution in [0.2, 0.25) is 5.02 Å². The number of nitriles is 1. The molecule has 1 aliphatic heterocycles. The number of aryl methyl sites for hydroxylation is 1. The van der Waals surface area contributed by atoms with E-state index < -0.39 is 5.92 Å². The summed E-state index contributed by atoms with van der Waals surface area (Å²) in [7, 11) is 0. The van der Waals surface area contributed by atoms with Crippen LogP contribution in [0.25, 0.3) is 0 Å². The summed E-state index contributed by atoms with van der Waals surface area (Å²) in [5.74, 6) is 0.628. The molecule has 0 amide bonds. The summed E-state index contributed by atoms with van der Waals surface area (Å²) in [5.41, 5.74) is 9.59. The van der Waals surface area contributed by atoms with Gasteiger partial charge in [0.25, 0.3) is 0 Å². The maximum Gasteiger partial charge on any atom is 0.244 e. The highest BCUT2D eigenvalue weighted by atomic mass is 35.5. The van der Waals surface area contributed by atoms with Crippen LogP contribution in [0.1, 0.15) is 28.3 Å². The standard InChI is InChI=1S/C21H17ClN4O2/c1-12-18-19(15(10-23)20(24)28-21(18)26-25-12)14-7-3-5-9-17(14)27-11-13-6-2-4-8-16(13)22/h2-9,19H,11,24H2,1H3,(H,25,26)/t19-/m1/s1. The first-order valence-corrected chi connectivity index (χ1v) is 9.05. The van der Waals surface area contributed by atoms with Crippen LogP contribution in [0.5, 0.6) is 11.6 Å². The van der Waals surface area contributed by atoms with Crippen LogP contribution in [-0.2, 0) is 6.61 Å². The van der Waals surface area contributed by atoms with Gasteiger partial charge in [-0.3, -0.25) is 5.10 Å². The number of rotatable bonds is 4. The van der Waals surface area contributed by atoms with Crippen molar-refractivity contribution in [3.63, 3.8) is 0 Å². The summed E-state index contributed by atoms with van der Waals surface area (Å²) < 4.78 is 11.6. The number of hydrogen-bond acceptors (Lipinski definition) is 5. The summed E-state index contributed by atoms with van der Waals surface area (Å²) >= 11 is 6.24. The number of nitrogens with two attached hydrogens (primary N) is 1. The van der Waals surface area contributed by atoms with Gasteiger partial charge in [0.15, 0.2) is 0 Å². The zero-order valence-corrected chi connectivity index (χ0v) is 15.8. The van der Waals surface area contributed by atoms with Gasteiger partial charge in [-0.25, -0.2) is 0 Å². The molecular formula is C21H17ClN4O2. The largest absolute Gasteiger partial charge is 0.489 e. The number of H-pyrrole nitrogens is 1. The summed E-state index contributed by atoms with van der Waals surface area (Å²) in [6.07, 6.45) is 0. The number of fused-ring (bicyclic) bond motifs is 1. The predicted molar refractivity (Wildman–Crippen MR) is 105 cm³/mol. The van der Waals surface area contributed by atoms with E-state index in [0.717, 1.165) is 22.4 Å². The van der Waals surface area contributed by atoms with Crippen LogP contribution in [-0.4, -0.2) is 10.2 Å². The van der Waals surface area contributed by atoms with Crippen molar-refractivity contribution in [1.29, 1.82) is 5.26 Å². The minimum atomic E-state index is -0.435. The van der Waals surface area contributed by atoms with Crippen molar-refractivity contribution < 1.29 is 9.47 Å². The van der Waals surface area contributed by atoms with E-state index in [-0.39, 0.29) is 5.88 Å². The molecule has 1 atom stereocenters. The number of aromatic nitrogens is 2. The molecular weight excluding hydrogens is 376 g/mol. The van der Waals surface area contributed by atoms with E-state index in [9.17, 15) is 5.26 Å². The van der Waals surface area contributed by atoms with Crippen LogP contribution in [0.3, 0.4) is 0 Å². The van der Waals surface area contributed by atoms with Crippen LogP contribution in [0.4, 0.5) is 0 Å². The Morgan fingerprint density at radius 3 is 2.79 bits per heavy atom. The van der Waals surface area contributed by atoms with Gasteiger partial charge in [-0.2, -0.15) is 5.26 Å². The molecule has 3 aromatic rings. The third-order valence-corrected chi connectivity index (χ3v) is 5.07. The Morgan fingerprint density at radius 2 is 2.00 bits per heavy atom. The minimum absolute atomic E-state index is 0.0485. The van der Waals surface area contributed by atoms with Gasteiger partial charge in [0, 0.05) is 27.4 Å². The predicted octanol–water partition coefficient (Wildman–Crippen LogP) is 4.17. The smallest absolute Gasteiger partial charge is 0.244 e. The van der Waals surface area contributed by atoms with Crippen LogP contribution < -0.4 is 15.2 Å². The molecule has 3 N–H and O–H groups in total. The van der Waals surface area contributed by atoms with E-state index in [1.807, 2.05) is 55.5 Å². The van der Waals surface area contributed by atoms with E-state index in [1.54, 1.807) is 0 Å². The average Bonchev–Trinajstić information content (AvgIpc) is 3.07. The molecule has 0 spiro atoms. The summed E-state index contributed by atoms with van der Waals surface area (Å²) in [6, 6.07) is 17.3. The van der Waals surface area contributed by atoms with Gasteiger partial charge in [0.1, 0.15) is 24.0 Å². The molecule has 2 aromatic carbocycles. The summed E-state index contributed by atoms with van der Waals surface area (Å²) in [6.45, 7) is 2.18. The quantitative estimate of drug-likeness (QED) is 0.694. The van der Waals surface area contributed by atoms with Crippen LogP contribution >= 0.6 is 11.6 Å². The van der Waals surface area contributed by atoms with Crippen molar-refractivity contribution in [2.45, 2.75) is 19.4 Å². The number of allylic oxidation sites excluding steroid dienone is 1. The Balaban J connectivity index is 1.76. The highest BCUT2D eigenvalue weighted by Crippen LogP contribution is 2.45. The first kappa shape index (κ1) is 18.0. The van der Waals surface area contributed by atoms with Gasteiger partial charge in [-0.15, -0.1) is 5.10 Å². The number of halogens is 1. The molecule has 0 saturated heterocycles. The number of aromatic amines is 1. The number of nitrogens with zero attached hydrogens (tertiary/aromatic N) is 2. The van der Waals surface area contributed by atoms with Gasteiger partial charge >= 0.3 is 0 Å². The van der Waals surface area contributed by atoms with E-state index in [4.69, 9.17) is 26.8 Å². The molecule has 2 heterocycles. The van der Waals surface area contributed by atoms with Crippen molar-refractivity contribution in [1.82, 2.24) is 10.2 Å². The fraction of sp³-hybridized carbons (Fsp3) is 0.143. The molecule has 0 fully saturated rings. The zero-order valence-electron chi connectivity index (χ0n) is 15.1. The van der Waals surface area contributed by atoms with Crippen LogP contribution in [0.15, 0.2) is 60.0 Å². The Labute approximate surface area is 167 Å². The highest BCUT2D eigenvalue weighted by Gasteiger charge is 2.35. The molecule has 1 aliphatic rings. The molecule has 7 heteroatoms. The fourth-order valence-corrected chi connectivity index (χ4v) is 3.52. The second-order valence-electron chi connectivity index (χ2n) is 6.41. The normalized spacial score (nSPS) is 15.5. The van der Waals surface area contributed by atoms with Gasteiger partial charge in [0.05, 0.1) is 5.92 Å². The van der Waals surface area contributed by atoms with Crippen molar-refractivity contribution in [2.75, 3.05) is 0 Å². The maximum absolute atomic E-state index is 9.73. The summed E-state index contributed by atoms with van der Waals surface area (Å²) in [5, 5.41) is 17.4. The van der Waals surface area contributed by atoms with E-state index in [2.05, 4.69) is 16.3 Å². The molecule has 0 bridgehead atoms. The van der Waals surface area contributed by atoms with Crippen molar-refractivity contribution in [3.8, 4) is 17.7 Å². The average molecular weight is 393 g/mol. The molecule has 0 radical (unpaired) electrons. The Morgan fingerprint density at radius 1 is 1.25 bits per heavy atom. The Hall–Kier alpha value is -3.43. The first-order chi connectivity index (χ1) is 13.6. The third kappa shape index (κ3) is 3.06. The van der Waals surface area contributed by atoms with Crippen molar-refractivity contribution >= 4 is 11.6 Å². The lowest BCUT2D eigenvalue weighted by Gasteiger charge is -2.25. The molecule has 1 aromatic heterocycles. The molecule has 0 aliphatic carbocycles. The minimum Gasteiger partial charge on any atom is -0.489 e. The van der Waals surface area contributed by atoms with E-state index in [1.165, 1.54) is 0 Å².